The van der Waals surface area contributed by atoms with Crippen LogP contribution in [-0.4, -0.2) is 24.8 Å². The fourth-order valence-electron chi connectivity index (χ4n) is 3.44. The Kier molecular flexibility index (Phi) is 5.08. The van der Waals surface area contributed by atoms with Crippen LogP contribution in [-0.2, 0) is 16.0 Å². The average molecular weight is 406 g/mol. The van der Waals surface area contributed by atoms with Gasteiger partial charge in [0, 0.05) is 30.0 Å². The van der Waals surface area contributed by atoms with Crippen molar-refractivity contribution in [1.29, 1.82) is 0 Å². The summed E-state index contributed by atoms with van der Waals surface area (Å²) < 4.78 is 22.2. The van der Waals surface area contributed by atoms with Crippen LogP contribution >= 0.6 is 0 Å². The molecular formula is C24H22O6. The zero-order chi connectivity index (χ0) is 21.3. The van der Waals surface area contributed by atoms with E-state index in [-0.39, 0.29) is 0 Å². The van der Waals surface area contributed by atoms with Gasteiger partial charge in [-0.2, -0.15) is 0 Å². The fraction of sp³-hybridized carbons (Fsp3) is 0.250. The quantitative estimate of drug-likeness (QED) is 0.368. The van der Waals surface area contributed by atoms with Gasteiger partial charge >= 0.3 is 11.6 Å². The zero-order valence-electron chi connectivity index (χ0n) is 17.0. The summed E-state index contributed by atoms with van der Waals surface area (Å²) in [5.41, 5.74) is 1.08. The Balaban J connectivity index is 1.51. The predicted octanol–water partition coefficient (Wildman–Crippen LogP) is 4.14. The van der Waals surface area contributed by atoms with Crippen LogP contribution in [0.1, 0.15) is 25.0 Å². The van der Waals surface area contributed by atoms with Gasteiger partial charge in [-0.05, 0) is 55.3 Å². The first-order valence-corrected chi connectivity index (χ1v) is 9.62. The highest BCUT2D eigenvalue weighted by Crippen LogP contribution is 2.37. The van der Waals surface area contributed by atoms with E-state index in [1.807, 2.05) is 44.2 Å². The van der Waals surface area contributed by atoms with Gasteiger partial charge in [-0.3, -0.25) is 0 Å². The zero-order valence-corrected chi connectivity index (χ0v) is 17.0. The number of esters is 1. The lowest BCUT2D eigenvalue weighted by molar-refractivity contribution is -0.155. The number of benzene rings is 2. The lowest BCUT2D eigenvalue weighted by Gasteiger charge is -2.39. The molecule has 1 aliphatic rings. The number of rotatable bonds is 4. The van der Waals surface area contributed by atoms with Gasteiger partial charge in [-0.15, -0.1) is 0 Å². The molecule has 0 saturated heterocycles. The highest BCUT2D eigenvalue weighted by atomic mass is 16.6. The summed E-state index contributed by atoms with van der Waals surface area (Å²) >= 11 is 0. The van der Waals surface area contributed by atoms with Gasteiger partial charge in [0.25, 0.3) is 0 Å². The summed E-state index contributed by atoms with van der Waals surface area (Å²) in [5.74, 6) is 0.937. The van der Waals surface area contributed by atoms with E-state index < -0.39 is 23.3 Å². The first-order chi connectivity index (χ1) is 14.3. The molecule has 0 unspecified atom stereocenters. The monoisotopic (exact) mass is 406 g/mol. The Hall–Kier alpha value is -3.54. The topological polar surface area (TPSA) is 75.0 Å². The highest BCUT2D eigenvalue weighted by Gasteiger charge is 2.39. The molecule has 4 rings (SSSR count). The first kappa shape index (κ1) is 19.8. The molecule has 0 fully saturated rings. The number of fused-ring (bicyclic) bond motifs is 2. The minimum absolute atomic E-state index is 0.409. The van der Waals surface area contributed by atoms with Crippen LogP contribution < -0.4 is 15.1 Å². The molecule has 6 heteroatoms. The molecule has 0 bridgehead atoms. The van der Waals surface area contributed by atoms with Gasteiger partial charge in [0.05, 0.1) is 7.11 Å². The van der Waals surface area contributed by atoms with Gasteiger partial charge in [-0.25, -0.2) is 9.59 Å². The van der Waals surface area contributed by atoms with Crippen molar-refractivity contribution in [3.63, 3.8) is 0 Å². The molecule has 2 heterocycles. The summed E-state index contributed by atoms with van der Waals surface area (Å²) in [6.07, 6.45) is 3.13. The van der Waals surface area contributed by atoms with E-state index >= 15 is 0 Å². The molecule has 0 radical (unpaired) electrons. The number of hydrogen-bond donors (Lipinski definition) is 0. The maximum Gasteiger partial charge on any atom is 0.336 e. The first-order valence-electron chi connectivity index (χ1n) is 9.62. The van der Waals surface area contributed by atoms with Crippen molar-refractivity contribution in [1.82, 2.24) is 0 Å². The Morgan fingerprint density at radius 2 is 1.90 bits per heavy atom. The second kappa shape index (κ2) is 7.71. The van der Waals surface area contributed by atoms with E-state index in [2.05, 4.69) is 0 Å². The summed E-state index contributed by atoms with van der Waals surface area (Å²) in [4.78, 5) is 23.9. The molecule has 2 aromatic carbocycles. The molecule has 30 heavy (non-hydrogen) atoms. The number of hydrogen-bond acceptors (Lipinski definition) is 6. The van der Waals surface area contributed by atoms with E-state index in [1.165, 1.54) is 12.1 Å². The predicted molar refractivity (Wildman–Crippen MR) is 113 cm³/mol. The Labute approximate surface area is 173 Å². The van der Waals surface area contributed by atoms with E-state index in [9.17, 15) is 9.59 Å². The molecular weight excluding hydrogens is 384 g/mol. The standard InChI is InChI=1S/C24H22O6/c1-24(2)21(29-23(26)10-6-15-4-8-18(27-3)9-5-15)13-17-12-16-7-11-22(25)28-19(16)14-20(17)30-24/h4-12,14,21H,13H2,1-3H3/b10-6+/t21-/m0/s1. The molecule has 1 aliphatic heterocycles. The lowest BCUT2D eigenvalue weighted by atomic mass is 9.90. The van der Waals surface area contributed by atoms with Crippen LogP contribution in [0, 0.1) is 0 Å². The van der Waals surface area contributed by atoms with Crippen molar-refractivity contribution < 1.29 is 23.4 Å². The molecule has 154 valence electrons. The van der Waals surface area contributed by atoms with Crippen molar-refractivity contribution in [3.05, 3.63) is 76.2 Å². The molecule has 0 N–H and O–H groups in total. The van der Waals surface area contributed by atoms with Crippen LogP contribution in [0.5, 0.6) is 11.5 Å². The maximum atomic E-state index is 12.4. The van der Waals surface area contributed by atoms with E-state index in [0.717, 1.165) is 22.3 Å². The molecule has 0 amide bonds. The fourth-order valence-corrected chi connectivity index (χ4v) is 3.44. The maximum absolute atomic E-state index is 12.4. The largest absolute Gasteiger partial charge is 0.497 e. The molecule has 0 aliphatic carbocycles. The summed E-state index contributed by atoms with van der Waals surface area (Å²) in [7, 11) is 1.60. The van der Waals surface area contributed by atoms with Crippen molar-refractivity contribution >= 4 is 23.0 Å². The number of carbonyl (C=O) groups excluding carboxylic acids is 1. The molecule has 6 nitrogen and oxygen atoms in total. The van der Waals surface area contributed by atoms with Crippen LogP contribution in [0.15, 0.2) is 63.8 Å². The SMILES string of the molecule is COc1ccc(/C=C/C(=O)O[C@H]2Cc3cc4ccc(=O)oc4cc3OC2(C)C)cc1. The van der Waals surface area contributed by atoms with Crippen LogP contribution in [0.3, 0.4) is 0 Å². The van der Waals surface area contributed by atoms with Gasteiger partial charge in [0.2, 0.25) is 0 Å². The van der Waals surface area contributed by atoms with Crippen molar-refractivity contribution in [2.75, 3.05) is 7.11 Å². The smallest absolute Gasteiger partial charge is 0.336 e. The number of methoxy groups -OCH3 is 1. The third-order valence-corrected chi connectivity index (χ3v) is 5.14. The van der Waals surface area contributed by atoms with Crippen molar-refractivity contribution in [2.24, 2.45) is 0 Å². The second-order valence-corrected chi connectivity index (χ2v) is 7.69. The second-order valence-electron chi connectivity index (χ2n) is 7.69. The summed E-state index contributed by atoms with van der Waals surface area (Å²) in [5, 5.41) is 0.793. The van der Waals surface area contributed by atoms with Gasteiger partial charge in [-0.1, -0.05) is 12.1 Å². The highest BCUT2D eigenvalue weighted by molar-refractivity contribution is 5.87. The van der Waals surface area contributed by atoms with Crippen molar-refractivity contribution in [3.8, 4) is 11.5 Å². The Morgan fingerprint density at radius 3 is 2.63 bits per heavy atom. The van der Waals surface area contributed by atoms with Gasteiger partial charge < -0.3 is 18.6 Å². The van der Waals surface area contributed by atoms with E-state index in [1.54, 1.807) is 25.3 Å². The van der Waals surface area contributed by atoms with E-state index in [0.29, 0.717) is 17.8 Å². The van der Waals surface area contributed by atoms with Gasteiger partial charge in [0.1, 0.15) is 28.8 Å². The minimum Gasteiger partial charge on any atom is -0.497 e. The Bertz CT molecular complexity index is 1170. The van der Waals surface area contributed by atoms with Crippen LogP contribution in [0.4, 0.5) is 0 Å². The lowest BCUT2D eigenvalue weighted by Crippen LogP contribution is -2.48. The summed E-state index contributed by atoms with van der Waals surface area (Å²) in [6, 6.07) is 14.1. The minimum atomic E-state index is -0.737. The average Bonchev–Trinajstić information content (AvgIpc) is 2.71. The molecule has 1 aromatic heterocycles. The van der Waals surface area contributed by atoms with Crippen molar-refractivity contribution in [2.45, 2.75) is 32.0 Å². The normalized spacial score (nSPS) is 17.4. The third-order valence-electron chi connectivity index (χ3n) is 5.14. The van der Waals surface area contributed by atoms with Gasteiger partial charge in [0.15, 0.2) is 0 Å². The molecule has 0 spiro atoms. The van der Waals surface area contributed by atoms with Crippen LogP contribution in [0.25, 0.3) is 17.0 Å². The molecule has 1 atom stereocenters. The molecule has 3 aromatic rings. The number of ether oxygens (including phenoxy) is 3. The molecule has 0 saturated carbocycles. The van der Waals surface area contributed by atoms with E-state index in [4.69, 9.17) is 18.6 Å². The third kappa shape index (κ3) is 4.08. The Morgan fingerprint density at radius 1 is 1.13 bits per heavy atom. The van der Waals surface area contributed by atoms with Crippen LogP contribution in [0.2, 0.25) is 0 Å². The summed E-state index contributed by atoms with van der Waals surface area (Å²) in [6.45, 7) is 3.73. The number of carbonyl (C=O) groups is 1.